The molecule has 0 spiro atoms. The average molecular weight is 362 g/mol. The third-order valence-corrected chi connectivity index (χ3v) is 5.10. The number of hydrogen-bond acceptors (Lipinski definition) is 7. The van der Waals surface area contributed by atoms with E-state index in [1.54, 1.807) is 6.92 Å². The summed E-state index contributed by atoms with van der Waals surface area (Å²) in [4.78, 5) is 11.6. The van der Waals surface area contributed by atoms with Crippen LogP contribution in [0.3, 0.4) is 0 Å². The van der Waals surface area contributed by atoms with Crippen molar-refractivity contribution in [2.75, 3.05) is 17.4 Å². The van der Waals surface area contributed by atoms with E-state index in [1.807, 2.05) is 0 Å². The summed E-state index contributed by atoms with van der Waals surface area (Å²) in [5.41, 5.74) is 1.09. The van der Waals surface area contributed by atoms with Gasteiger partial charge in [-0.05, 0) is 31.2 Å². The Bertz CT molecular complexity index is 842. The number of hydrogen-bond donors (Lipinski definition) is 1. The molecule has 0 saturated heterocycles. The first-order valence-electron chi connectivity index (χ1n) is 6.40. The Labute approximate surface area is 133 Å². The third-order valence-electron chi connectivity index (χ3n) is 2.94. The normalized spacial score (nSPS) is 15.8. The van der Waals surface area contributed by atoms with Gasteiger partial charge in [0.25, 0.3) is 5.91 Å². The first-order valence-corrected chi connectivity index (χ1v) is 9.42. The van der Waals surface area contributed by atoms with Crippen molar-refractivity contribution in [1.29, 1.82) is 0 Å². The monoisotopic (exact) mass is 362 g/mol. The Morgan fingerprint density at radius 3 is 2.30 bits per heavy atom. The quantitative estimate of drug-likeness (QED) is 0.724. The first kappa shape index (κ1) is 17.5. The summed E-state index contributed by atoms with van der Waals surface area (Å²) in [6.07, 6.45) is 0.215. The van der Waals surface area contributed by atoms with Gasteiger partial charge in [-0.15, -0.1) is 0 Å². The molecular formula is C12H14N2O7S2. The van der Waals surface area contributed by atoms with Crippen LogP contribution in [0.4, 0.5) is 5.69 Å². The van der Waals surface area contributed by atoms with Crippen LogP contribution in [-0.2, 0) is 29.2 Å². The molecule has 126 valence electrons. The van der Waals surface area contributed by atoms with E-state index in [2.05, 4.69) is 9.28 Å². The summed E-state index contributed by atoms with van der Waals surface area (Å²) in [7, 11) is -8.47. The van der Waals surface area contributed by atoms with E-state index in [0.717, 1.165) is 0 Å². The van der Waals surface area contributed by atoms with Gasteiger partial charge in [0.2, 0.25) is 0 Å². The van der Waals surface area contributed by atoms with Gasteiger partial charge < -0.3 is 0 Å². The maximum absolute atomic E-state index is 12.0. The van der Waals surface area contributed by atoms with Crippen LogP contribution in [0.25, 0.3) is 0 Å². The van der Waals surface area contributed by atoms with E-state index in [-0.39, 0.29) is 17.2 Å². The highest BCUT2D eigenvalue weighted by Gasteiger charge is 2.23. The minimum absolute atomic E-state index is 0.0625. The van der Waals surface area contributed by atoms with Gasteiger partial charge in [0.05, 0.1) is 29.4 Å². The molecule has 0 atom stereocenters. The maximum atomic E-state index is 12.0. The number of hydrazone groups is 1. The first-order chi connectivity index (χ1) is 10.6. The molecule has 1 heterocycles. The van der Waals surface area contributed by atoms with Crippen LogP contribution in [0.2, 0.25) is 0 Å². The van der Waals surface area contributed by atoms with Crippen molar-refractivity contribution < 1.29 is 30.4 Å². The Morgan fingerprint density at radius 1 is 1.22 bits per heavy atom. The van der Waals surface area contributed by atoms with Crippen molar-refractivity contribution in [3.8, 4) is 0 Å². The molecule has 11 heteroatoms. The summed E-state index contributed by atoms with van der Waals surface area (Å²) < 4.78 is 57.2. The van der Waals surface area contributed by atoms with Crippen LogP contribution in [0.15, 0.2) is 34.3 Å². The van der Waals surface area contributed by atoms with E-state index in [1.165, 1.54) is 29.3 Å². The summed E-state index contributed by atoms with van der Waals surface area (Å²) in [6, 6.07) is 5.43. The lowest BCUT2D eigenvalue weighted by atomic mass is 10.3. The van der Waals surface area contributed by atoms with Crippen LogP contribution >= 0.6 is 0 Å². The standard InChI is InChI=1S/C12H14N2O7S2/c1-9-8-12(15)14(13-9)10-2-4-11(5-3-10)22(16,17)7-6-21-23(18,19)20/h2-5H,6-8H2,1H3,(H,18,19,20). The zero-order valence-electron chi connectivity index (χ0n) is 12.0. The fourth-order valence-corrected chi connectivity index (χ4v) is 3.41. The predicted molar refractivity (Wildman–Crippen MR) is 81.2 cm³/mol. The molecule has 0 fully saturated rings. The second-order valence-corrected chi connectivity index (χ2v) is 7.98. The van der Waals surface area contributed by atoms with E-state index in [0.29, 0.717) is 11.4 Å². The lowest BCUT2D eigenvalue weighted by Gasteiger charge is -2.12. The van der Waals surface area contributed by atoms with Crippen molar-refractivity contribution >= 4 is 37.5 Å². The highest BCUT2D eigenvalue weighted by molar-refractivity contribution is 7.91. The molecule has 1 aromatic rings. The molecule has 1 aliphatic rings. The van der Waals surface area contributed by atoms with Crippen LogP contribution in [0.5, 0.6) is 0 Å². The van der Waals surface area contributed by atoms with Gasteiger partial charge in [-0.3, -0.25) is 9.35 Å². The fourth-order valence-electron chi connectivity index (χ4n) is 1.92. The van der Waals surface area contributed by atoms with Crippen LogP contribution < -0.4 is 5.01 Å². The molecule has 0 bridgehead atoms. The molecule has 0 radical (unpaired) electrons. The number of anilines is 1. The van der Waals surface area contributed by atoms with Crippen molar-refractivity contribution in [3.05, 3.63) is 24.3 Å². The number of sulfone groups is 1. The summed E-state index contributed by atoms with van der Waals surface area (Å²) in [5.74, 6) is -0.828. The minimum Gasteiger partial charge on any atom is -0.272 e. The van der Waals surface area contributed by atoms with Gasteiger partial charge in [0.1, 0.15) is 0 Å². The van der Waals surface area contributed by atoms with Crippen LogP contribution in [0, 0.1) is 0 Å². The van der Waals surface area contributed by atoms with Gasteiger partial charge in [0.15, 0.2) is 9.84 Å². The number of carbonyl (C=O) groups excluding carboxylic acids is 1. The molecule has 0 unspecified atom stereocenters. The van der Waals surface area contributed by atoms with E-state index < -0.39 is 32.6 Å². The van der Waals surface area contributed by atoms with E-state index >= 15 is 0 Å². The highest BCUT2D eigenvalue weighted by atomic mass is 32.3. The molecule has 2 rings (SSSR count). The van der Waals surface area contributed by atoms with Crippen molar-refractivity contribution in [2.45, 2.75) is 18.2 Å². The summed E-state index contributed by atoms with van der Waals surface area (Å²) >= 11 is 0. The smallest absolute Gasteiger partial charge is 0.272 e. The van der Waals surface area contributed by atoms with E-state index in [9.17, 15) is 21.6 Å². The average Bonchev–Trinajstić information content (AvgIpc) is 2.76. The SMILES string of the molecule is CC1=NN(c2ccc(S(=O)(=O)CCOS(=O)(=O)O)cc2)C(=O)C1. The second-order valence-electron chi connectivity index (χ2n) is 4.78. The molecule has 1 amide bonds. The number of rotatable bonds is 6. The lowest BCUT2D eigenvalue weighted by molar-refractivity contribution is -0.116. The Morgan fingerprint density at radius 2 is 1.83 bits per heavy atom. The fraction of sp³-hybridized carbons (Fsp3) is 0.333. The number of carbonyl (C=O) groups is 1. The second kappa shape index (κ2) is 6.35. The van der Waals surface area contributed by atoms with Gasteiger partial charge in [-0.25, -0.2) is 17.6 Å². The van der Waals surface area contributed by atoms with Crippen molar-refractivity contribution in [1.82, 2.24) is 0 Å². The molecule has 1 aromatic carbocycles. The molecule has 23 heavy (non-hydrogen) atoms. The molecule has 9 nitrogen and oxygen atoms in total. The van der Waals surface area contributed by atoms with Crippen LogP contribution in [0.1, 0.15) is 13.3 Å². The van der Waals surface area contributed by atoms with E-state index in [4.69, 9.17) is 4.55 Å². The Balaban J connectivity index is 2.11. The molecule has 0 aliphatic carbocycles. The van der Waals surface area contributed by atoms with Crippen LogP contribution in [-0.4, -0.2) is 45.4 Å². The number of benzene rings is 1. The summed E-state index contributed by atoms with van der Waals surface area (Å²) in [6.45, 7) is 1.02. The van der Waals surface area contributed by atoms with Crippen molar-refractivity contribution in [2.24, 2.45) is 5.10 Å². The molecular weight excluding hydrogens is 348 g/mol. The Kier molecular flexibility index (Phi) is 4.84. The zero-order valence-corrected chi connectivity index (χ0v) is 13.7. The molecule has 0 aromatic heterocycles. The largest absolute Gasteiger partial charge is 0.397 e. The van der Waals surface area contributed by atoms with Gasteiger partial charge in [0, 0.05) is 5.71 Å². The lowest BCUT2D eigenvalue weighted by Crippen LogP contribution is -2.19. The molecule has 1 aliphatic heterocycles. The number of amides is 1. The highest BCUT2D eigenvalue weighted by Crippen LogP contribution is 2.22. The van der Waals surface area contributed by atoms with Gasteiger partial charge in [-0.2, -0.15) is 13.5 Å². The minimum atomic E-state index is -4.68. The Hall–Kier alpha value is -1.82. The topological polar surface area (TPSA) is 130 Å². The summed E-state index contributed by atoms with van der Waals surface area (Å²) in [5, 5.41) is 5.23. The zero-order chi connectivity index (χ0) is 17.3. The van der Waals surface area contributed by atoms with Gasteiger partial charge >= 0.3 is 10.4 Å². The molecule has 1 N–H and O–H groups in total. The number of nitrogens with zero attached hydrogens (tertiary/aromatic N) is 2. The predicted octanol–water partition coefficient (Wildman–Crippen LogP) is 0.392. The van der Waals surface area contributed by atoms with Gasteiger partial charge in [-0.1, -0.05) is 0 Å². The third kappa shape index (κ3) is 4.58. The van der Waals surface area contributed by atoms with Crippen molar-refractivity contribution in [3.63, 3.8) is 0 Å². The molecule has 0 saturated carbocycles. The maximum Gasteiger partial charge on any atom is 0.397 e.